The Kier molecular flexibility index (Phi) is 6.14. The molecule has 1 saturated heterocycles. The maximum absolute atomic E-state index is 12.9. The Morgan fingerprint density at radius 3 is 2.46 bits per heavy atom. The van der Waals surface area contributed by atoms with E-state index in [0.717, 1.165) is 38.4 Å². The van der Waals surface area contributed by atoms with E-state index in [1.165, 1.54) is 12.8 Å². The molecule has 3 rings (SSSR count). The van der Waals surface area contributed by atoms with Crippen molar-refractivity contribution < 1.29 is 9.59 Å². The van der Waals surface area contributed by atoms with Crippen LogP contribution in [0.2, 0.25) is 0 Å². The molecule has 6 heteroatoms. The van der Waals surface area contributed by atoms with Crippen molar-refractivity contribution in [3.63, 3.8) is 0 Å². The molecule has 1 aliphatic carbocycles. The number of hydrogen-bond donors (Lipinski definition) is 3. The molecule has 6 nitrogen and oxygen atoms in total. The third-order valence-corrected chi connectivity index (χ3v) is 5.00. The Morgan fingerprint density at radius 1 is 1.12 bits per heavy atom. The molecular weight excluding hydrogens is 328 g/mol. The number of benzene rings is 1. The standard InChI is InChI=1S/C20H30N4O2/c1-14(2)22-20(26)23-18-6-4-3-5-17(18)19(25)24-11-9-16(10-12-24)21-13-15-7-8-15/h3-6,14-16,21H,7-13H2,1-2H3,(H2,22,23,26). The molecule has 0 atom stereocenters. The number of likely N-dealkylation sites (tertiary alicyclic amines) is 1. The predicted molar refractivity (Wildman–Crippen MR) is 103 cm³/mol. The first kappa shape index (κ1) is 18.7. The second kappa shape index (κ2) is 8.54. The third-order valence-electron chi connectivity index (χ3n) is 5.00. The molecule has 3 amide bonds. The van der Waals surface area contributed by atoms with E-state index >= 15 is 0 Å². The molecule has 3 N–H and O–H groups in total. The topological polar surface area (TPSA) is 73.5 Å². The van der Waals surface area contributed by atoms with Gasteiger partial charge in [0.15, 0.2) is 0 Å². The van der Waals surface area contributed by atoms with Crippen molar-refractivity contribution in [1.82, 2.24) is 15.5 Å². The SMILES string of the molecule is CC(C)NC(=O)Nc1ccccc1C(=O)N1CCC(NCC2CC2)CC1. The van der Waals surface area contributed by atoms with E-state index < -0.39 is 0 Å². The largest absolute Gasteiger partial charge is 0.338 e. The van der Waals surface area contributed by atoms with E-state index in [1.54, 1.807) is 12.1 Å². The van der Waals surface area contributed by atoms with Crippen molar-refractivity contribution in [3.05, 3.63) is 29.8 Å². The molecule has 1 saturated carbocycles. The minimum atomic E-state index is -0.289. The first-order valence-corrected chi connectivity index (χ1v) is 9.72. The minimum Gasteiger partial charge on any atom is -0.338 e. The zero-order chi connectivity index (χ0) is 18.5. The van der Waals surface area contributed by atoms with Crippen LogP contribution in [0.15, 0.2) is 24.3 Å². The lowest BCUT2D eigenvalue weighted by Gasteiger charge is -2.33. The summed E-state index contributed by atoms with van der Waals surface area (Å²) in [4.78, 5) is 26.8. The smallest absolute Gasteiger partial charge is 0.319 e. The van der Waals surface area contributed by atoms with Crippen molar-refractivity contribution >= 4 is 17.6 Å². The number of piperidine rings is 1. The van der Waals surface area contributed by atoms with E-state index in [9.17, 15) is 9.59 Å². The van der Waals surface area contributed by atoms with Gasteiger partial charge in [-0.2, -0.15) is 0 Å². The summed E-state index contributed by atoms with van der Waals surface area (Å²) in [6, 6.07) is 7.49. The van der Waals surface area contributed by atoms with Crippen LogP contribution in [-0.4, -0.2) is 48.6 Å². The van der Waals surface area contributed by atoms with Gasteiger partial charge in [-0.1, -0.05) is 12.1 Å². The number of carbonyl (C=O) groups excluding carboxylic acids is 2. The van der Waals surface area contributed by atoms with Crippen LogP contribution in [0, 0.1) is 5.92 Å². The maximum Gasteiger partial charge on any atom is 0.319 e. The Hall–Kier alpha value is -2.08. The van der Waals surface area contributed by atoms with Crippen LogP contribution < -0.4 is 16.0 Å². The van der Waals surface area contributed by atoms with Gasteiger partial charge in [0.2, 0.25) is 0 Å². The van der Waals surface area contributed by atoms with Gasteiger partial charge in [-0.05, 0) is 64.1 Å². The molecule has 0 spiro atoms. The van der Waals surface area contributed by atoms with Crippen molar-refractivity contribution in [1.29, 1.82) is 0 Å². The quantitative estimate of drug-likeness (QED) is 0.732. The Labute approximate surface area is 155 Å². The van der Waals surface area contributed by atoms with Crippen LogP contribution in [0.25, 0.3) is 0 Å². The van der Waals surface area contributed by atoms with Gasteiger partial charge >= 0.3 is 6.03 Å². The van der Waals surface area contributed by atoms with Gasteiger partial charge < -0.3 is 20.9 Å². The highest BCUT2D eigenvalue weighted by Gasteiger charge is 2.27. The maximum atomic E-state index is 12.9. The summed E-state index contributed by atoms with van der Waals surface area (Å²) in [7, 11) is 0. The number of rotatable bonds is 6. The van der Waals surface area contributed by atoms with E-state index in [1.807, 2.05) is 30.9 Å². The monoisotopic (exact) mass is 358 g/mol. The number of nitrogens with one attached hydrogen (secondary N) is 3. The number of para-hydroxylation sites is 1. The molecule has 0 aromatic heterocycles. The molecule has 26 heavy (non-hydrogen) atoms. The van der Waals surface area contributed by atoms with Gasteiger partial charge in [-0.3, -0.25) is 4.79 Å². The Morgan fingerprint density at radius 2 is 1.81 bits per heavy atom. The average molecular weight is 358 g/mol. The fourth-order valence-corrected chi connectivity index (χ4v) is 3.31. The summed E-state index contributed by atoms with van der Waals surface area (Å²) in [6.45, 7) is 6.44. The summed E-state index contributed by atoms with van der Waals surface area (Å²) in [6.07, 6.45) is 4.70. The summed E-state index contributed by atoms with van der Waals surface area (Å²) in [5.74, 6) is 0.871. The first-order chi connectivity index (χ1) is 12.5. The highest BCUT2D eigenvalue weighted by Crippen LogP contribution is 2.28. The lowest BCUT2D eigenvalue weighted by molar-refractivity contribution is 0.0706. The normalized spacial score (nSPS) is 18.0. The second-order valence-corrected chi connectivity index (χ2v) is 7.72. The number of nitrogens with zero attached hydrogens (tertiary/aromatic N) is 1. The van der Waals surface area contributed by atoms with Crippen molar-refractivity contribution in [3.8, 4) is 0 Å². The molecule has 0 unspecified atom stereocenters. The molecule has 1 aromatic rings. The Balaban J connectivity index is 1.56. The van der Waals surface area contributed by atoms with E-state index in [2.05, 4.69) is 16.0 Å². The number of carbonyl (C=O) groups is 2. The zero-order valence-corrected chi connectivity index (χ0v) is 15.8. The van der Waals surface area contributed by atoms with Crippen molar-refractivity contribution in [2.24, 2.45) is 5.92 Å². The van der Waals surface area contributed by atoms with Crippen LogP contribution in [0.1, 0.15) is 49.9 Å². The summed E-state index contributed by atoms with van der Waals surface area (Å²) >= 11 is 0. The van der Waals surface area contributed by atoms with Crippen molar-refractivity contribution in [2.75, 3.05) is 25.0 Å². The van der Waals surface area contributed by atoms with E-state index in [4.69, 9.17) is 0 Å². The number of amides is 3. The first-order valence-electron chi connectivity index (χ1n) is 9.72. The van der Waals surface area contributed by atoms with Gasteiger partial charge in [0.25, 0.3) is 5.91 Å². The van der Waals surface area contributed by atoms with Gasteiger partial charge in [0.1, 0.15) is 0 Å². The molecule has 142 valence electrons. The van der Waals surface area contributed by atoms with E-state index in [-0.39, 0.29) is 18.0 Å². The fraction of sp³-hybridized carbons (Fsp3) is 0.600. The lowest BCUT2D eigenvalue weighted by atomic mass is 10.0. The predicted octanol–water partition coefficient (Wildman–Crippen LogP) is 2.82. The summed E-state index contributed by atoms with van der Waals surface area (Å²) in [5, 5.41) is 9.22. The van der Waals surface area contributed by atoms with Crippen LogP contribution in [0.4, 0.5) is 10.5 Å². The third kappa shape index (κ3) is 5.21. The van der Waals surface area contributed by atoms with Crippen LogP contribution in [0.5, 0.6) is 0 Å². The van der Waals surface area contributed by atoms with Gasteiger partial charge in [0, 0.05) is 25.2 Å². The summed E-state index contributed by atoms with van der Waals surface area (Å²) < 4.78 is 0. The summed E-state index contributed by atoms with van der Waals surface area (Å²) in [5.41, 5.74) is 1.11. The molecule has 0 bridgehead atoms. The molecule has 2 fully saturated rings. The van der Waals surface area contributed by atoms with Gasteiger partial charge in [0.05, 0.1) is 11.3 Å². The van der Waals surface area contributed by atoms with Crippen LogP contribution in [-0.2, 0) is 0 Å². The van der Waals surface area contributed by atoms with Gasteiger partial charge in [-0.25, -0.2) is 4.79 Å². The number of anilines is 1. The van der Waals surface area contributed by atoms with Crippen molar-refractivity contribution in [2.45, 2.75) is 51.6 Å². The number of hydrogen-bond acceptors (Lipinski definition) is 3. The molecular formula is C20H30N4O2. The molecule has 2 aliphatic rings. The Bertz CT molecular complexity index is 634. The highest BCUT2D eigenvalue weighted by molar-refractivity contribution is 6.03. The lowest BCUT2D eigenvalue weighted by Crippen LogP contribution is -2.45. The van der Waals surface area contributed by atoms with Gasteiger partial charge in [-0.15, -0.1) is 0 Å². The molecule has 1 heterocycles. The number of urea groups is 1. The molecule has 1 aliphatic heterocycles. The fourth-order valence-electron chi connectivity index (χ4n) is 3.31. The zero-order valence-electron chi connectivity index (χ0n) is 15.8. The average Bonchev–Trinajstić information content (AvgIpc) is 3.44. The highest BCUT2D eigenvalue weighted by atomic mass is 16.2. The van der Waals surface area contributed by atoms with E-state index in [0.29, 0.717) is 17.3 Å². The second-order valence-electron chi connectivity index (χ2n) is 7.72. The van der Waals surface area contributed by atoms with Crippen LogP contribution >= 0.6 is 0 Å². The van der Waals surface area contributed by atoms with Crippen LogP contribution in [0.3, 0.4) is 0 Å². The molecule has 1 aromatic carbocycles. The minimum absolute atomic E-state index is 0.00825. The molecule has 0 radical (unpaired) electrons.